The van der Waals surface area contributed by atoms with Crippen LogP contribution in [0.4, 0.5) is 0 Å². The molecule has 0 saturated carbocycles. The molecule has 0 radical (unpaired) electrons. The predicted octanol–water partition coefficient (Wildman–Crippen LogP) is 8.10. The number of aryl methyl sites for hydroxylation is 2. The molecule has 0 spiro atoms. The number of hydrogen-bond acceptors (Lipinski definition) is 11. The summed E-state index contributed by atoms with van der Waals surface area (Å²) in [5.74, 6) is 0.310. The first-order chi connectivity index (χ1) is 26.3. The summed E-state index contributed by atoms with van der Waals surface area (Å²) in [6.07, 6.45) is 11.8. The number of esters is 4. The Labute approximate surface area is 317 Å². The zero-order chi connectivity index (χ0) is 38.8. The third kappa shape index (κ3) is 17.7. The molecular weight excluding hydrogens is 690 g/mol. The first kappa shape index (κ1) is 42.7. The van der Waals surface area contributed by atoms with Crippen LogP contribution in [0.5, 0.6) is 23.0 Å². The van der Waals surface area contributed by atoms with Crippen LogP contribution < -0.4 is 18.9 Å². The maximum atomic E-state index is 12.6. The van der Waals surface area contributed by atoms with Crippen molar-refractivity contribution in [2.45, 2.75) is 77.0 Å². The summed E-state index contributed by atoms with van der Waals surface area (Å²) in [6.45, 7) is 8.70. The van der Waals surface area contributed by atoms with Crippen molar-refractivity contribution in [1.82, 2.24) is 0 Å². The fraction of sp³-hybridized carbons (Fsp3) is 0.372. The molecule has 11 heteroatoms. The second-order valence-electron chi connectivity index (χ2n) is 12.3. The number of carbonyl (C=O) groups is 4. The highest BCUT2D eigenvalue weighted by atomic mass is 16.5. The monoisotopic (exact) mass is 741 g/mol. The van der Waals surface area contributed by atoms with E-state index in [4.69, 9.17) is 33.8 Å². The van der Waals surface area contributed by atoms with Crippen molar-refractivity contribution in [3.8, 4) is 23.0 Å². The van der Waals surface area contributed by atoms with Gasteiger partial charge in [-0.05, 0) is 118 Å². The van der Waals surface area contributed by atoms with Gasteiger partial charge in [0.15, 0.2) is 0 Å². The van der Waals surface area contributed by atoms with Gasteiger partial charge in [-0.25, -0.2) is 9.59 Å². The number of carbonyl (C=O) groups excluding carboxylic acids is 4. The van der Waals surface area contributed by atoms with E-state index in [1.807, 2.05) is 48.5 Å². The van der Waals surface area contributed by atoms with E-state index in [-0.39, 0.29) is 24.3 Å². The van der Waals surface area contributed by atoms with Gasteiger partial charge in [0.05, 0.1) is 26.4 Å². The minimum Gasteiger partial charge on any atom is -0.494 e. The van der Waals surface area contributed by atoms with Gasteiger partial charge in [-0.15, -0.1) is 0 Å². The smallest absolute Gasteiger partial charge is 0.330 e. The molecule has 0 fully saturated rings. The molecule has 54 heavy (non-hydrogen) atoms. The number of ether oxygens (including phenoxy) is 6. The molecule has 0 amide bonds. The normalized spacial score (nSPS) is 10.4. The maximum Gasteiger partial charge on any atom is 0.330 e. The van der Waals surface area contributed by atoms with E-state index in [0.717, 1.165) is 92.4 Å². The van der Waals surface area contributed by atoms with Gasteiger partial charge in [0, 0.05) is 36.8 Å². The Kier molecular flexibility index (Phi) is 20.0. The molecule has 0 saturated heterocycles. The fourth-order valence-corrected chi connectivity index (χ4v) is 5.11. The molecule has 0 bridgehead atoms. The minimum absolute atomic E-state index is 0.140. The molecule has 11 nitrogen and oxygen atoms in total. The Bertz CT molecular complexity index is 1650. The lowest BCUT2D eigenvalue weighted by atomic mass is 10.1. The molecule has 0 aromatic heterocycles. The van der Waals surface area contributed by atoms with E-state index in [1.54, 1.807) is 0 Å². The number of benzene rings is 3. The third-order valence-corrected chi connectivity index (χ3v) is 8.11. The molecule has 288 valence electrons. The highest BCUT2D eigenvalue weighted by Gasteiger charge is 2.13. The molecular formula is C43H51NO10. The lowest BCUT2D eigenvalue weighted by Crippen LogP contribution is -2.12. The minimum atomic E-state index is -0.445. The number of nitrogens with one attached hydrogen (secondary N) is 1. The van der Waals surface area contributed by atoms with Crippen molar-refractivity contribution in [2.75, 3.05) is 26.4 Å². The van der Waals surface area contributed by atoms with Crippen molar-refractivity contribution in [1.29, 1.82) is 5.41 Å². The van der Waals surface area contributed by atoms with E-state index in [2.05, 4.69) is 13.2 Å². The largest absolute Gasteiger partial charge is 0.494 e. The van der Waals surface area contributed by atoms with Crippen LogP contribution in [0.2, 0.25) is 0 Å². The average molecular weight is 742 g/mol. The molecule has 0 heterocycles. The van der Waals surface area contributed by atoms with Crippen LogP contribution in [0, 0.1) is 5.41 Å². The van der Waals surface area contributed by atoms with Crippen LogP contribution in [-0.4, -0.2) is 56.5 Å². The van der Waals surface area contributed by atoms with Crippen molar-refractivity contribution in [3.63, 3.8) is 0 Å². The molecule has 1 N–H and O–H groups in total. The van der Waals surface area contributed by atoms with Gasteiger partial charge >= 0.3 is 23.9 Å². The van der Waals surface area contributed by atoms with Crippen LogP contribution in [0.3, 0.4) is 0 Å². The van der Waals surface area contributed by atoms with E-state index < -0.39 is 23.9 Å². The Morgan fingerprint density at radius 3 is 1.41 bits per heavy atom. The van der Waals surface area contributed by atoms with Crippen molar-refractivity contribution in [2.24, 2.45) is 0 Å². The topological polar surface area (TPSA) is 148 Å². The van der Waals surface area contributed by atoms with Gasteiger partial charge in [-0.1, -0.05) is 37.4 Å². The lowest BCUT2D eigenvalue weighted by Gasteiger charge is -2.11. The fourth-order valence-electron chi connectivity index (χ4n) is 5.11. The van der Waals surface area contributed by atoms with E-state index in [1.165, 1.54) is 18.2 Å². The molecule has 3 aromatic rings. The quantitative estimate of drug-likeness (QED) is 0.0267. The summed E-state index contributed by atoms with van der Waals surface area (Å²) < 4.78 is 32.5. The highest BCUT2D eigenvalue weighted by molar-refractivity contribution is 5.85. The Morgan fingerprint density at radius 2 is 0.963 bits per heavy atom. The van der Waals surface area contributed by atoms with Gasteiger partial charge in [0.25, 0.3) is 0 Å². The first-order valence-corrected chi connectivity index (χ1v) is 18.4. The molecule has 0 atom stereocenters. The molecule has 3 rings (SSSR count). The standard InChI is InChI=1S/C43H51NO10/c1-3-40(45)51-29-11-7-5-9-27-49-36-19-13-33(14-20-36)17-25-42(47)53-38-23-24-39(35(31-38)32-44)54-43(48)26-18-34-15-21-37(22-16-34)50-28-10-6-8-12-30-52-41(46)4-2/h3-4,13-16,19-24,31-32,44H,1-2,5-12,17-18,25-30H2. The molecule has 0 aliphatic rings. The van der Waals surface area contributed by atoms with Gasteiger partial charge in [-0.3, -0.25) is 9.59 Å². The van der Waals surface area contributed by atoms with Crippen LogP contribution in [0.1, 0.15) is 80.9 Å². The second-order valence-corrected chi connectivity index (χ2v) is 12.3. The predicted molar refractivity (Wildman–Crippen MR) is 205 cm³/mol. The third-order valence-electron chi connectivity index (χ3n) is 8.11. The number of rotatable bonds is 27. The van der Waals surface area contributed by atoms with Crippen LogP contribution >= 0.6 is 0 Å². The SMILES string of the molecule is C=CC(=O)OCCCCCCOc1ccc(CCC(=O)Oc2ccc(OC(=O)CCc3ccc(OCCCCCCOC(=O)C=C)cc3)c(C=N)c2)cc1. The summed E-state index contributed by atoms with van der Waals surface area (Å²) in [5.41, 5.74) is 2.24. The Balaban J connectivity index is 1.30. The van der Waals surface area contributed by atoms with Gasteiger partial charge < -0.3 is 33.8 Å². The second kappa shape index (κ2) is 25.3. The van der Waals surface area contributed by atoms with Crippen molar-refractivity contribution in [3.05, 3.63) is 109 Å². The van der Waals surface area contributed by atoms with E-state index >= 15 is 0 Å². The first-order valence-electron chi connectivity index (χ1n) is 18.4. The summed E-state index contributed by atoms with van der Waals surface area (Å²) >= 11 is 0. The van der Waals surface area contributed by atoms with Crippen molar-refractivity contribution >= 4 is 30.1 Å². The molecule has 0 aliphatic heterocycles. The summed E-state index contributed by atoms with van der Waals surface area (Å²) in [6, 6.07) is 19.7. The Hall–Kier alpha value is -5.71. The average Bonchev–Trinajstić information content (AvgIpc) is 3.19. The molecule has 0 unspecified atom stereocenters. The molecule has 3 aromatic carbocycles. The summed E-state index contributed by atoms with van der Waals surface area (Å²) in [5, 5.41) is 7.78. The number of hydrogen-bond donors (Lipinski definition) is 1. The summed E-state index contributed by atoms with van der Waals surface area (Å²) in [7, 11) is 0. The van der Waals surface area contributed by atoms with Crippen molar-refractivity contribution < 1.29 is 47.6 Å². The summed E-state index contributed by atoms with van der Waals surface area (Å²) in [4.78, 5) is 47.2. The van der Waals surface area contributed by atoms with Gasteiger partial charge in [-0.2, -0.15) is 0 Å². The lowest BCUT2D eigenvalue weighted by molar-refractivity contribution is -0.138. The zero-order valence-electron chi connectivity index (χ0n) is 30.9. The Morgan fingerprint density at radius 1 is 0.537 bits per heavy atom. The van der Waals surface area contributed by atoms with Crippen LogP contribution in [0.15, 0.2) is 92.0 Å². The van der Waals surface area contributed by atoms with Crippen LogP contribution in [0.25, 0.3) is 0 Å². The van der Waals surface area contributed by atoms with E-state index in [0.29, 0.717) is 44.8 Å². The van der Waals surface area contributed by atoms with E-state index in [9.17, 15) is 19.2 Å². The number of unbranched alkanes of at least 4 members (excludes halogenated alkanes) is 6. The van der Waals surface area contributed by atoms with Gasteiger partial charge in [0.2, 0.25) is 0 Å². The van der Waals surface area contributed by atoms with Crippen LogP contribution in [-0.2, 0) is 41.5 Å². The van der Waals surface area contributed by atoms with Gasteiger partial charge in [0.1, 0.15) is 23.0 Å². The highest BCUT2D eigenvalue weighted by Crippen LogP contribution is 2.24. The zero-order valence-corrected chi connectivity index (χ0v) is 30.9. The maximum absolute atomic E-state index is 12.6. The molecule has 0 aliphatic carbocycles.